The van der Waals surface area contributed by atoms with E-state index in [-0.39, 0.29) is 5.78 Å². The van der Waals surface area contributed by atoms with Crippen molar-refractivity contribution >= 4 is 5.78 Å². The van der Waals surface area contributed by atoms with Gasteiger partial charge in [0, 0.05) is 6.42 Å². The Bertz CT molecular complexity index is 371. The molecule has 13 heavy (non-hydrogen) atoms. The standard InChI is InChI=1S/C10H12N2O/c1-3-7-10-8(4-5-9(10)13)12-6(2)11-7/h3-5H2,1-2H3. The molecule has 0 aliphatic heterocycles. The number of ketones is 1. The van der Waals surface area contributed by atoms with Gasteiger partial charge in [-0.1, -0.05) is 6.92 Å². The predicted molar refractivity (Wildman–Crippen MR) is 48.8 cm³/mol. The normalized spacial score (nSPS) is 14.8. The van der Waals surface area contributed by atoms with Gasteiger partial charge >= 0.3 is 0 Å². The maximum atomic E-state index is 11.5. The SMILES string of the molecule is CCc1nc(C)nc2c1C(=O)CC2. The van der Waals surface area contributed by atoms with Gasteiger partial charge in [-0.25, -0.2) is 9.97 Å². The van der Waals surface area contributed by atoms with Crippen molar-refractivity contribution in [3.8, 4) is 0 Å². The van der Waals surface area contributed by atoms with Crippen molar-refractivity contribution in [1.29, 1.82) is 0 Å². The average molecular weight is 176 g/mol. The molecule has 0 fully saturated rings. The fraction of sp³-hybridized carbons (Fsp3) is 0.500. The quantitative estimate of drug-likeness (QED) is 0.650. The molecule has 0 aromatic carbocycles. The summed E-state index contributed by atoms with van der Waals surface area (Å²) >= 11 is 0. The van der Waals surface area contributed by atoms with Crippen molar-refractivity contribution in [1.82, 2.24) is 9.97 Å². The van der Waals surface area contributed by atoms with Crippen LogP contribution >= 0.6 is 0 Å². The second kappa shape index (κ2) is 2.91. The Balaban J connectivity index is 2.64. The van der Waals surface area contributed by atoms with Crippen LogP contribution in [0.4, 0.5) is 0 Å². The summed E-state index contributed by atoms with van der Waals surface area (Å²) in [4.78, 5) is 20.0. The molecule has 0 N–H and O–H groups in total. The molecule has 1 aliphatic carbocycles. The topological polar surface area (TPSA) is 42.9 Å². The van der Waals surface area contributed by atoms with Crippen LogP contribution in [0.1, 0.15) is 40.9 Å². The van der Waals surface area contributed by atoms with Gasteiger partial charge in [-0.3, -0.25) is 4.79 Å². The summed E-state index contributed by atoms with van der Waals surface area (Å²) in [6.45, 7) is 3.90. The molecule has 0 bridgehead atoms. The minimum absolute atomic E-state index is 0.215. The number of nitrogens with zero attached hydrogens (tertiary/aromatic N) is 2. The molecule has 3 heteroatoms. The molecule has 0 unspecified atom stereocenters. The van der Waals surface area contributed by atoms with Gasteiger partial charge in [-0.15, -0.1) is 0 Å². The molecule has 0 saturated heterocycles. The smallest absolute Gasteiger partial charge is 0.166 e. The Kier molecular flexibility index (Phi) is 1.87. The molecule has 0 amide bonds. The lowest BCUT2D eigenvalue weighted by Gasteiger charge is -2.04. The van der Waals surface area contributed by atoms with Gasteiger partial charge in [0.2, 0.25) is 0 Å². The minimum atomic E-state index is 0.215. The maximum Gasteiger partial charge on any atom is 0.166 e. The van der Waals surface area contributed by atoms with Crippen molar-refractivity contribution in [2.24, 2.45) is 0 Å². The highest BCUT2D eigenvalue weighted by Gasteiger charge is 2.24. The number of hydrogen-bond acceptors (Lipinski definition) is 3. The zero-order chi connectivity index (χ0) is 9.42. The van der Waals surface area contributed by atoms with E-state index < -0.39 is 0 Å². The van der Waals surface area contributed by atoms with Crippen molar-refractivity contribution in [3.05, 3.63) is 22.8 Å². The highest BCUT2D eigenvalue weighted by atomic mass is 16.1. The van der Waals surface area contributed by atoms with Crippen LogP contribution in [0.25, 0.3) is 0 Å². The first-order chi connectivity index (χ1) is 6.22. The Hall–Kier alpha value is -1.25. The highest BCUT2D eigenvalue weighted by molar-refractivity contribution is 6.00. The summed E-state index contributed by atoms with van der Waals surface area (Å²) in [7, 11) is 0. The van der Waals surface area contributed by atoms with Crippen LogP contribution < -0.4 is 0 Å². The van der Waals surface area contributed by atoms with Crippen LogP contribution in [-0.2, 0) is 12.8 Å². The number of carbonyl (C=O) groups is 1. The number of Topliss-reactive ketones (excluding diaryl/α,β-unsaturated/α-hetero) is 1. The summed E-state index contributed by atoms with van der Waals surface area (Å²) in [6.07, 6.45) is 2.22. The molecule has 1 aromatic rings. The Morgan fingerprint density at radius 3 is 2.77 bits per heavy atom. The van der Waals surface area contributed by atoms with Gasteiger partial charge < -0.3 is 0 Å². The summed E-state index contributed by atoms with van der Waals surface area (Å²) in [5.74, 6) is 0.997. The van der Waals surface area contributed by atoms with Gasteiger partial charge in [0.05, 0.1) is 17.0 Å². The molecule has 1 heterocycles. The Morgan fingerprint density at radius 1 is 1.31 bits per heavy atom. The van der Waals surface area contributed by atoms with Crippen LogP contribution in [0.15, 0.2) is 0 Å². The Morgan fingerprint density at radius 2 is 2.08 bits per heavy atom. The third-order valence-electron chi connectivity index (χ3n) is 2.37. The van der Waals surface area contributed by atoms with E-state index in [4.69, 9.17) is 0 Å². The first-order valence-electron chi connectivity index (χ1n) is 4.62. The third-order valence-corrected chi connectivity index (χ3v) is 2.37. The van der Waals surface area contributed by atoms with Gasteiger partial charge in [-0.2, -0.15) is 0 Å². The van der Waals surface area contributed by atoms with E-state index in [1.54, 1.807) is 0 Å². The van der Waals surface area contributed by atoms with E-state index in [1.807, 2.05) is 13.8 Å². The second-order valence-electron chi connectivity index (χ2n) is 3.32. The first kappa shape index (κ1) is 8.35. The van der Waals surface area contributed by atoms with Crippen molar-refractivity contribution in [2.75, 3.05) is 0 Å². The largest absolute Gasteiger partial charge is 0.294 e. The van der Waals surface area contributed by atoms with Crippen LogP contribution in [0.2, 0.25) is 0 Å². The number of carbonyl (C=O) groups excluding carboxylic acids is 1. The monoisotopic (exact) mass is 176 g/mol. The van der Waals surface area contributed by atoms with Gasteiger partial charge in [-0.05, 0) is 19.8 Å². The van der Waals surface area contributed by atoms with E-state index >= 15 is 0 Å². The molecular weight excluding hydrogens is 164 g/mol. The molecule has 0 spiro atoms. The lowest BCUT2D eigenvalue weighted by molar-refractivity contribution is 0.0993. The maximum absolute atomic E-state index is 11.5. The lowest BCUT2D eigenvalue weighted by atomic mass is 10.1. The molecule has 3 nitrogen and oxygen atoms in total. The van der Waals surface area contributed by atoms with Crippen molar-refractivity contribution in [3.63, 3.8) is 0 Å². The summed E-state index contributed by atoms with van der Waals surface area (Å²) in [5.41, 5.74) is 2.67. The number of aromatic nitrogens is 2. The van der Waals surface area contributed by atoms with Crippen LogP contribution in [0.3, 0.4) is 0 Å². The van der Waals surface area contributed by atoms with Crippen LogP contribution in [0.5, 0.6) is 0 Å². The number of aryl methyl sites for hydroxylation is 3. The number of hydrogen-bond donors (Lipinski definition) is 0. The zero-order valence-electron chi connectivity index (χ0n) is 7.92. The minimum Gasteiger partial charge on any atom is -0.294 e. The predicted octanol–water partition coefficient (Wildman–Crippen LogP) is 1.48. The summed E-state index contributed by atoms with van der Waals surface area (Å²) < 4.78 is 0. The number of fused-ring (bicyclic) bond motifs is 1. The molecule has 0 atom stereocenters. The fourth-order valence-corrected chi connectivity index (χ4v) is 1.81. The van der Waals surface area contributed by atoms with E-state index in [0.29, 0.717) is 6.42 Å². The van der Waals surface area contributed by atoms with E-state index in [2.05, 4.69) is 9.97 Å². The molecule has 1 aliphatic rings. The highest BCUT2D eigenvalue weighted by Crippen LogP contribution is 2.22. The van der Waals surface area contributed by atoms with E-state index in [1.165, 1.54) is 0 Å². The van der Waals surface area contributed by atoms with Gasteiger partial charge in [0.25, 0.3) is 0 Å². The third kappa shape index (κ3) is 1.24. The molecule has 0 saturated carbocycles. The molecule has 68 valence electrons. The number of rotatable bonds is 1. The molecule has 2 rings (SSSR count). The van der Waals surface area contributed by atoms with Gasteiger partial charge in [0.15, 0.2) is 5.78 Å². The summed E-state index contributed by atoms with van der Waals surface area (Å²) in [5, 5.41) is 0. The van der Waals surface area contributed by atoms with E-state index in [9.17, 15) is 4.79 Å². The van der Waals surface area contributed by atoms with Crippen molar-refractivity contribution in [2.45, 2.75) is 33.1 Å². The van der Waals surface area contributed by atoms with Crippen LogP contribution in [0, 0.1) is 6.92 Å². The van der Waals surface area contributed by atoms with Gasteiger partial charge in [0.1, 0.15) is 5.82 Å². The van der Waals surface area contributed by atoms with Crippen LogP contribution in [-0.4, -0.2) is 15.8 Å². The Labute approximate surface area is 77.2 Å². The second-order valence-corrected chi connectivity index (χ2v) is 3.32. The average Bonchev–Trinajstić information content (AvgIpc) is 2.46. The first-order valence-corrected chi connectivity index (χ1v) is 4.62. The molecule has 0 radical (unpaired) electrons. The summed E-state index contributed by atoms with van der Waals surface area (Å²) in [6, 6.07) is 0. The van der Waals surface area contributed by atoms with E-state index in [0.717, 1.165) is 35.6 Å². The zero-order valence-corrected chi connectivity index (χ0v) is 7.92. The van der Waals surface area contributed by atoms with Crippen molar-refractivity contribution < 1.29 is 4.79 Å². The molecular formula is C10H12N2O. The lowest BCUT2D eigenvalue weighted by Crippen LogP contribution is -2.05. The molecule has 1 aromatic heterocycles. The fourth-order valence-electron chi connectivity index (χ4n) is 1.81.